The van der Waals surface area contributed by atoms with Crippen molar-refractivity contribution in [3.8, 4) is 0 Å². The van der Waals surface area contributed by atoms with E-state index in [0.717, 1.165) is 0 Å². The van der Waals surface area contributed by atoms with Gasteiger partial charge in [0, 0.05) is 24.7 Å². The Bertz CT molecular complexity index is 423. The normalized spacial score (nSPS) is 10.8. The lowest BCUT2D eigenvalue weighted by atomic mass is 10.1. The van der Waals surface area contributed by atoms with Crippen molar-refractivity contribution in [3.05, 3.63) is 34.6 Å². The van der Waals surface area contributed by atoms with Crippen molar-refractivity contribution in [1.82, 2.24) is 4.90 Å². The maximum Gasteiger partial charge on any atom is 0.257 e. The van der Waals surface area contributed by atoms with E-state index in [0.29, 0.717) is 18.2 Å². The van der Waals surface area contributed by atoms with Crippen molar-refractivity contribution in [2.45, 2.75) is 19.9 Å². The number of halogens is 2. The maximum atomic E-state index is 13.6. The van der Waals surface area contributed by atoms with Gasteiger partial charge in [-0.05, 0) is 32.0 Å². The van der Waals surface area contributed by atoms with Crippen LogP contribution in [0.2, 0.25) is 5.02 Å². The number of ether oxygens (including phenoxy) is 1. The number of benzene rings is 1. The molecule has 3 nitrogen and oxygen atoms in total. The van der Waals surface area contributed by atoms with Gasteiger partial charge in [-0.15, -0.1) is 0 Å². The van der Waals surface area contributed by atoms with Gasteiger partial charge in [-0.25, -0.2) is 4.39 Å². The molecule has 0 saturated carbocycles. The summed E-state index contributed by atoms with van der Waals surface area (Å²) in [6.07, 6.45) is 0. The van der Waals surface area contributed by atoms with Gasteiger partial charge in [-0.2, -0.15) is 0 Å². The molecule has 0 aliphatic carbocycles. The van der Waals surface area contributed by atoms with Gasteiger partial charge in [0.2, 0.25) is 0 Å². The zero-order valence-corrected chi connectivity index (χ0v) is 11.5. The highest BCUT2D eigenvalue weighted by atomic mass is 35.5. The van der Waals surface area contributed by atoms with Gasteiger partial charge >= 0.3 is 0 Å². The number of hydrogen-bond donors (Lipinski definition) is 0. The Morgan fingerprint density at radius 3 is 2.72 bits per heavy atom. The van der Waals surface area contributed by atoms with Gasteiger partial charge < -0.3 is 9.64 Å². The molecule has 0 unspecified atom stereocenters. The summed E-state index contributed by atoms with van der Waals surface area (Å²) in [4.78, 5) is 13.8. The second-order valence-corrected chi connectivity index (χ2v) is 4.65. The monoisotopic (exact) mass is 273 g/mol. The van der Waals surface area contributed by atoms with Crippen LogP contribution in [-0.4, -0.2) is 37.1 Å². The molecule has 1 amide bonds. The zero-order chi connectivity index (χ0) is 13.7. The summed E-state index contributed by atoms with van der Waals surface area (Å²) in [7, 11) is 1.56. The first-order valence-corrected chi connectivity index (χ1v) is 6.10. The van der Waals surface area contributed by atoms with Crippen LogP contribution in [0.5, 0.6) is 0 Å². The Morgan fingerprint density at radius 2 is 2.17 bits per heavy atom. The van der Waals surface area contributed by atoms with Crippen molar-refractivity contribution in [2.24, 2.45) is 0 Å². The average Bonchev–Trinajstić information content (AvgIpc) is 2.32. The van der Waals surface area contributed by atoms with E-state index in [4.69, 9.17) is 16.3 Å². The first-order chi connectivity index (χ1) is 8.47. The third kappa shape index (κ3) is 3.68. The molecule has 1 rings (SSSR count). The number of methoxy groups -OCH3 is 1. The molecule has 1 aromatic rings. The number of carbonyl (C=O) groups is 1. The van der Waals surface area contributed by atoms with E-state index in [2.05, 4.69) is 0 Å². The Labute approximate surface area is 111 Å². The van der Waals surface area contributed by atoms with Crippen molar-refractivity contribution < 1.29 is 13.9 Å². The molecular formula is C13H17ClFNO2. The molecule has 1 aromatic carbocycles. The molecule has 0 aliphatic rings. The molecule has 0 bridgehead atoms. The molecule has 0 fully saturated rings. The van der Waals surface area contributed by atoms with Gasteiger partial charge in [-0.1, -0.05) is 11.6 Å². The van der Waals surface area contributed by atoms with Crippen LogP contribution in [0.3, 0.4) is 0 Å². The number of rotatable bonds is 5. The Morgan fingerprint density at radius 1 is 1.50 bits per heavy atom. The minimum Gasteiger partial charge on any atom is -0.383 e. The van der Waals surface area contributed by atoms with Gasteiger partial charge in [-0.3, -0.25) is 4.79 Å². The number of nitrogens with zero attached hydrogens (tertiary/aromatic N) is 1. The molecule has 0 N–H and O–H groups in total. The van der Waals surface area contributed by atoms with E-state index < -0.39 is 5.82 Å². The first-order valence-electron chi connectivity index (χ1n) is 5.72. The van der Waals surface area contributed by atoms with E-state index in [1.54, 1.807) is 12.0 Å². The fraction of sp³-hybridized carbons (Fsp3) is 0.462. The van der Waals surface area contributed by atoms with Crippen LogP contribution in [0.4, 0.5) is 4.39 Å². The van der Waals surface area contributed by atoms with Crippen LogP contribution in [0.15, 0.2) is 18.2 Å². The fourth-order valence-corrected chi connectivity index (χ4v) is 1.77. The molecule has 0 atom stereocenters. The van der Waals surface area contributed by atoms with Crippen molar-refractivity contribution in [3.63, 3.8) is 0 Å². The lowest BCUT2D eigenvalue weighted by molar-refractivity contribution is 0.0630. The molecule has 18 heavy (non-hydrogen) atoms. The van der Waals surface area contributed by atoms with Gasteiger partial charge in [0.1, 0.15) is 5.82 Å². The van der Waals surface area contributed by atoms with Crippen molar-refractivity contribution >= 4 is 17.5 Å². The van der Waals surface area contributed by atoms with Crippen LogP contribution in [0.25, 0.3) is 0 Å². The van der Waals surface area contributed by atoms with Gasteiger partial charge in [0.15, 0.2) is 0 Å². The van der Waals surface area contributed by atoms with E-state index in [-0.39, 0.29) is 17.5 Å². The SMILES string of the molecule is COCCN(C(=O)c1cc(Cl)ccc1F)C(C)C. The molecular weight excluding hydrogens is 257 g/mol. The third-order valence-electron chi connectivity index (χ3n) is 2.58. The molecule has 5 heteroatoms. The Balaban J connectivity index is 2.98. The minimum atomic E-state index is -0.563. The molecule has 0 radical (unpaired) electrons. The summed E-state index contributed by atoms with van der Waals surface area (Å²) in [5, 5.41) is 0.343. The molecule has 0 saturated heterocycles. The van der Waals surface area contributed by atoms with E-state index in [1.165, 1.54) is 18.2 Å². The van der Waals surface area contributed by atoms with E-state index >= 15 is 0 Å². The van der Waals surface area contributed by atoms with Crippen molar-refractivity contribution in [1.29, 1.82) is 0 Å². The fourth-order valence-electron chi connectivity index (χ4n) is 1.60. The second-order valence-electron chi connectivity index (χ2n) is 4.21. The summed E-state index contributed by atoms with van der Waals surface area (Å²) in [6.45, 7) is 4.57. The first kappa shape index (κ1) is 14.9. The predicted molar refractivity (Wildman–Crippen MR) is 69.5 cm³/mol. The highest BCUT2D eigenvalue weighted by molar-refractivity contribution is 6.31. The lowest BCUT2D eigenvalue weighted by Crippen LogP contribution is -2.39. The predicted octanol–water partition coefficient (Wildman–Crippen LogP) is 2.98. The Kier molecular flexibility index (Phi) is 5.56. The largest absolute Gasteiger partial charge is 0.383 e. The second kappa shape index (κ2) is 6.71. The number of carbonyl (C=O) groups excluding carboxylic acids is 1. The topological polar surface area (TPSA) is 29.5 Å². The number of hydrogen-bond acceptors (Lipinski definition) is 2. The van der Waals surface area contributed by atoms with Crippen molar-refractivity contribution in [2.75, 3.05) is 20.3 Å². The number of amides is 1. The molecule has 0 aliphatic heterocycles. The summed E-state index contributed by atoms with van der Waals surface area (Å²) in [5.41, 5.74) is -0.00713. The summed E-state index contributed by atoms with van der Waals surface area (Å²) in [5.74, 6) is -0.936. The molecule has 0 heterocycles. The maximum absolute atomic E-state index is 13.6. The standard InChI is InChI=1S/C13H17ClFNO2/c1-9(2)16(6-7-18-3)13(17)11-8-10(14)4-5-12(11)15/h4-5,8-9H,6-7H2,1-3H3. The van der Waals surface area contributed by atoms with Crippen LogP contribution in [0.1, 0.15) is 24.2 Å². The summed E-state index contributed by atoms with van der Waals surface area (Å²) < 4.78 is 18.6. The van der Waals surface area contributed by atoms with Crippen LogP contribution in [0, 0.1) is 5.82 Å². The molecule has 100 valence electrons. The lowest BCUT2D eigenvalue weighted by Gasteiger charge is -2.26. The summed E-state index contributed by atoms with van der Waals surface area (Å²) in [6, 6.07) is 3.93. The molecule has 0 aromatic heterocycles. The Hall–Kier alpha value is -1.13. The zero-order valence-electron chi connectivity index (χ0n) is 10.7. The highest BCUT2D eigenvalue weighted by Gasteiger charge is 2.21. The quantitative estimate of drug-likeness (QED) is 0.825. The van der Waals surface area contributed by atoms with Gasteiger partial charge in [0.25, 0.3) is 5.91 Å². The summed E-state index contributed by atoms with van der Waals surface area (Å²) >= 11 is 5.79. The van der Waals surface area contributed by atoms with Crippen LogP contribution >= 0.6 is 11.6 Å². The van der Waals surface area contributed by atoms with E-state index in [1.807, 2.05) is 13.8 Å². The van der Waals surface area contributed by atoms with Gasteiger partial charge in [0.05, 0.1) is 12.2 Å². The average molecular weight is 274 g/mol. The van der Waals surface area contributed by atoms with E-state index in [9.17, 15) is 9.18 Å². The highest BCUT2D eigenvalue weighted by Crippen LogP contribution is 2.17. The smallest absolute Gasteiger partial charge is 0.257 e. The van der Waals surface area contributed by atoms with Crippen LogP contribution in [-0.2, 0) is 4.74 Å². The minimum absolute atomic E-state index is 0.00713. The van der Waals surface area contributed by atoms with Crippen LogP contribution < -0.4 is 0 Å². The third-order valence-corrected chi connectivity index (χ3v) is 2.81. The molecule has 0 spiro atoms.